The maximum Gasteiger partial charge on any atom is 0.504 e. The minimum Gasteiger partial charge on any atom is -0.355 e. The second-order valence-electron chi connectivity index (χ2n) is 6.94. The molecule has 0 saturated carbocycles. The van der Waals surface area contributed by atoms with Gasteiger partial charge in [0.05, 0.1) is 6.61 Å². The molecule has 1 aromatic carbocycles. The van der Waals surface area contributed by atoms with Gasteiger partial charge in [-0.25, -0.2) is 0 Å². The van der Waals surface area contributed by atoms with Crippen LogP contribution in [0.25, 0.3) is 0 Å². The highest BCUT2D eigenvalue weighted by atomic mass is 35.5. The first-order valence-corrected chi connectivity index (χ1v) is 11.8. The number of benzene rings is 1. The van der Waals surface area contributed by atoms with Crippen LogP contribution in [0.5, 0.6) is 0 Å². The molecule has 0 aliphatic heterocycles. The van der Waals surface area contributed by atoms with Crippen LogP contribution in [-0.2, 0) is 16.1 Å². The predicted molar refractivity (Wildman–Crippen MR) is 99.9 cm³/mol. The zero-order valence-corrected chi connectivity index (χ0v) is 17.1. The van der Waals surface area contributed by atoms with Crippen molar-refractivity contribution in [2.75, 3.05) is 13.4 Å². The normalized spacial score (nSPS) is 15.0. The standard InChI is InChI=1S/C19H31O2.ClH.Mg/c1-4-9-17(2)14-18(3)10-8-13-20-16-21-15-19-11-6-5-7-12-19;;/h4-7,11-12,17-18H,8-10,13-16H2,1-3H3;1H;/q;;+1/p-1. The number of halogens is 1. The Morgan fingerprint density at radius 3 is 2.43 bits per heavy atom. The molecule has 0 radical (unpaired) electrons. The lowest BCUT2D eigenvalue weighted by Crippen LogP contribution is -2.08. The van der Waals surface area contributed by atoms with Gasteiger partial charge in [0, 0.05) is 6.61 Å². The van der Waals surface area contributed by atoms with E-state index in [1.165, 1.54) is 24.8 Å². The molecule has 2 nitrogen and oxygen atoms in total. The molecule has 0 aliphatic rings. The van der Waals surface area contributed by atoms with Crippen molar-refractivity contribution in [3.8, 4) is 0 Å². The molecule has 1 rings (SSSR count). The average molecular weight is 351 g/mol. The van der Waals surface area contributed by atoms with E-state index < -0.39 is 0 Å². The highest BCUT2D eigenvalue weighted by Gasteiger charge is 2.13. The third-order valence-corrected chi connectivity index (χ3v) is 6.58. The van der Waals surface area contributed by atoms with E-state index in [0.717, 1.165) is 28.9 Å². The van der Waals surface area contributed by atoms with Crippen LogP contribution in [0.1, 0.15) is 52.0 Å². The first kappa shape index (κ1) is 21.2. The van der Waals surface area contributed by atoms with Crippen LogP contribution in [0.4, 0.5) is 0 Å². The Morgan fingerprint density at radius 1 is 1.00 bits per heavy atom. The number of ether oxygens (including phenoxy) is 2. The third-order valence-electron chi connectivity index (χ3n) is 4.14. The van der Waals surface area contributed by atoms with E-state index in [1.807, 2.05) is 18.2 Å². The molecule has 128 valence electrons. The predicted octanol–water partition coefficient (Wildman–Crippen LogP) is 5.68. The van der Waals surface area contributed by atoms with Crippen LogP contribution < -0.4 is 0 Å². The van der Waals surface area contributed by atoms with Gasteiger partial charge in [-0.1, -0.05) is 57.5 Å². The van der Waals surface area contributed by atoms with Crippen molar-refractivity contribution in [3.63, 3.8) is 0 Å². The Hall–Kier alpha value is 0.196. The molecule has 23 heavy (non-hydrogen) atoms. The van der Waals surface area contributed by atoms with Crippen molar-refractivity contribution in [1.29, 1.82) is 0 Å². The van der Waals surface area contributed by atoms with Gasteiger partial charge in [0.15, 0.2) is 0 Å². The highest BCUT2D eigenvalue weighted by molar-refractivity contribution is 6.94. The molecule has 0 bridgehead atoms. The van der Waals surface area contributed by atoms with Gasteiger partial charge in [-0.3, -0.25) is 0 Å². The van der Waals surface area contributed by atoms with Gasteiger partial charge < -0.3 is 18.5 Å². The second-order valence-corrected chi connectivity index (χ2v) is 9.57. The van der Waals surface area contributed by atoms with E-state index in [2.05, 4.69) is 32.9 Å². The lowest BCUT2D eigenvalue weighted by Gasteiger charge is -2.19. The highest BCUT2D eigenvalue weighted by Crippen LogP contribution is 2.24. The van der Waals surface area contributed by atoms with E-state index in [-0.39, 0.29) is 19.3 Å². The first-order valence-electron chi connectivity index (χ1n) is 8.87. The minimum atomic E-state index is -0.348. The quantitative estimate of drug-likeness (QED) is 0.259. The summed E-state index contributed by atoms with van der Waals surface area (Å²) in [6, 6.07) is 10.2. The lowest BCUT2D eigenvalue weighted by atomic mass is 9.91. The van der Waals surface area contributed by atoms with E-state index >= 15 is 0 Å². The van der Waals surface area contributed by atoms with Crippen molar-refractivity contribution in [1.82, 2.24) is 0 Å². The van der Waals surface area contributed by atoms with E-state index in [1.54, 1.807) is 0 Å². The fourth-order valence-electron chi connectivity index (χ4n) is 3.04. The molecule has 0 amide bonds. The Labute approximate surface area is 155 Å². The number of hydrogen-bond acceptors (Lipinski definition) is 2. The van der Waals surface area contributed by atoms with Crippen LogP contribution in [0.15, 0.2) is 30.3 Å². The summed E-state index contributed by atoms with van der Waals surface area (Å²) in [6.07, 6.45) is 4.95. The Balaban J connectivity index is 1.95. The monoisotopic (exact) mass is 350 g/mol. The molecule has 0 saturated heterocycles. The van der Waals surface area contributed by atoms with Crippen LogP contribution in [0.3, 0.4) is 0 Å². The second kappa shape index (κ2) is 13.5. The molecule has 0 fully saturated rings. The topological polar surface area (TPSA) is 18.5 Å². The lowest BCUT2D eigenvalue weighted by molar-refractivity contribution is -0.0628. The van der Waals surface area contributed by atoms with E-state index in [4.69, 9.17) is 18.5 Å². The smallest absolute Gasteiger partial charge is 0.355 e. The van der Waals surface area contributed by atoms with Gasteiger partial charge in [-0.05, 0) is 36.7 Å². The maximum atomic E-state index is 6.03. The summed E-state index contributed by atoms with van der Waals surface area (Å²) < 4.78 is 11.8. The van der Waals surface area contributed by atoms with Gasteiger partial charge in [0.25, 0.3) is 0 Å². The summed E-state index contributed by atoms with van der Waals surface area (Å²) in [6.45, 7) is 8.81. The van der Waals surface area contributed by atoms with Crippen molar-refractivity contribution >= 4 is 28.3 Å². The Bertz CT molecular complexity index is 388. The summed E-state index contributed by atoms with van der Waals surface area (Å²) in [5.41, 5.74) is 1.19. The molecular formula is C19H31ClMgO2. The van der Waals surface area contributed by atoms with Crippen LogP contribution in [0.2, 0.25) is 4.05 Å². The molecule has 0 N–H and O–H groups in total. The number of rotatable bonds is 13. The van der Waals surface area contributed by atoms with Gasteiger partial charge in [-0.15, -0.1) is 4.05 Å². The Morgan fingerprint density at radius 2 is 1.74 bits per heavy atom. The van der Waals surface area contributed by atoms with Crippen molar-refractivity contribution in [2.45, 2.75) is 57.1 Å². The Kier molecular flexibility index (Phi) is 12.5. The molecular weight excluding hydrogens is 320 g/mol. The minimum absolute atomic E-state index is 0.348. The fraction of sp³-hybridized carbons (Fsp3) is 0.684. The summed E-state index contributed by atoms with van der Waals surface area (Å²) in [5.74, 6) is 1.56. The zero-order valence-electron chi connectivity index (χ0n) is 15.0. The largest absolute Gasteiger partial charge is 0.504 e. The van der Waals surface area contributed by atoms with Crippen molar-refractivity contribution < 1.29 is 9.47 Å². The van der Waals surface area contributed by atoms with E-state index in [9.17, 15) is 0 Å². The van der Waals surface area contributed by atoms with Gasteiger partial charge in [-0.2, -0.15) is 0 Å². The maximum absolute atomic E-state index is 6.03. The summed E-state index contributed by atoms with van der Waals surface area (Å²) >= 11 is -0.348. The van der Waals surface area contributed by atoms with Crippen LogP contribution >= 0.6 is 9.07 Å². The molecule has 0 heterocycles. The van der Waals surface area contributed by atoms with E-state index in [0.29, 0.717) is 13.4 Å². The molecule has 3 unspecified atom stereocenters. The molecule has 3 atom stereocenters. The molecule has 0 aromatic heterocycles. The third kappa shape index (κ3) is 11.4. The number of hydrogen-bond donors (Lipinski definition) is 0. The molecule has 4 heteroatoms. The summed E-state index contributed by atoms with van der Waals surface area (Å²) in [5, 5.41) is 0. The SMILES string of the molecule is CC(CCCOCOCc1ccccc1)CC(C)C[CH](C)[Mg][Cl]. The van der Waals surface area contributed by atoms with Crippen molar-refractivity contribution in [3.05, 3.63) is 35.9 Å². The summed E-state index contributed by atoms with van der Waals surface area (Å²) in [7, 11) is 6.03. The van der Waals surface area contributed by atoms with Gasteiger partial charge in [0.1, 0.15) is 6.79 Å². The fourth-order valence-corrected chi connectivity index (χ4v) is 4.11. The average Bonchev–Trinajstić information content (AvgIpc) is 2.54. The van der Waals surface area contributed by atoms with Crippen LogP contribution in [-0.4, -0.2) is 32.7 Å². The zero-order chi connectivity index (χ0) is 16.9. The molecule has 0 aliphatic carbocycles. The van der Waals surface area contributed by atoms with Gasteiger partial charge >= 0.3 is 19.3 Å². The first-order chi connectivity index (χ1) is 11.1. The van der Waals surface area contributed by atoms with Crippen LogP contribution in [0, 0.1) is 11.8 Å². The van der Waals surface area contributed by atoms with Crippen molar-refractivity contribution in [2.24, 2.45) is 11.8 Å². The summed E-state index contributed by atoms with van der Waals surface area (Å²) in [4.78, 5) is 0. The molecule has 1 aromatic rings. The molecule has 0 spiro atoms. The van der Waals surface area contributed by atoms with Gasteiger partial charge in [0.2, 0.25) is 0 Å².